The maximum atomic E-state index is 4.74. The summed E-state index contributed by atoms with van der Waals surface area (Å²) in [6.07, 6.45) is 6.28. The lowest BCUT2D eigenvalue weighted by Gasteiger charge is -2.31. The second-order valence-electron chi connectivity index (χ2n) is 5.14. The Kier molecular flexibility index (Phi) is 3.94. The molecule has 4 heteroatoms. The molecular formula is C16H17BrN2S. The quantitative estimate of drug-likeness (QED) is 0.611. The number of fused-ring (bicyclic) bond motifs is 1. The first-order valence-electron chi connectivity index (χ1n) is 6.80. The predicted octanol–water partition coefficient (Wildman–Crippen LogP) is 4.68. The fourth-order valence-electron chi connectivity index (χ4n) is 2.65. The molecule has 2 heterocycles. The molecule has 2 aromatic heterocycles. The molecule has 3 aromatic rings. The van der Waals surface area contributed by atoms with Crippen molar-refractivity contribution in [1.29, 1.82) is 0 Å². The number of imidazole rings is 1. The zero-order chi connectivity index (χ0) is 14.0. The zero-order valence-corrected chi connectivity index (χ0v) is 13.8. The number of thiazole rings is 1. The highest BCUT2D eigenvalue weighted by Gasteiger charge is 2.30. The largest absolute Gasteiger partial charge is 0.297 e. The lowest BCUT2D eigenvalue weighted by molar-refractivity contribution is 0.460. The molecule has 0 aliphatic carbocycles. The van der Waals surface area contributed by atoms with Gasteiger partial charge in [-0.05, 0) is 12.0 Å². The van der Waals surface area contributed by atoms with Crippen LogP contribution in [0.25, 0.3) is 4.96 Å². The second-order valence-corrected chi connectivity index (χ2v) is 6.57. The van der Waals surface area contributed by atoms with Crippen molar-refractivity contribution in [2.75, 3.05) is 5.33 Å². The Morgan fingerprint density at radius 2 is 2.10 bits per heavy atom. The van der Waals surface area contributed by atoms with Crippen LogP contribution in [0.1, 0.15) is 24.6 Å². The number of hydrogen-bond acceptors (Lipinski definition) is 2. The van der Waals surface area contributed by atoms with Crippen molar-refractivity contribution in [1.82, 2.24) is 9.38 Å². The number of aromatic nitrogens is 2. The normalized spacial score (nSPS) is 14.5. The fraction of sp³-hybridized carbons (Fsp3) is 0.312. The Bertz CT molecular complexity index is 654. The van der Waals surface area contributed by atoms with Gasteiger partial charge in [0.25, 0.3) is 0 Å². The van der Waals surface area contributed by atoms with Gasteiger partial charge in [-0.1, -0.05) is 53.2 Å². The van der Waals surface area contributed by atoms with E-state index in [4.69, 9.17) is 4.98 Å². The molecular weight excluding hydrogens is 332 g/mol. The van der Waals surface area contributed by atoms with Crippen LogP contribution in [0.5, 0.6) is 0 Å². The van der Waals surface area contributed by atoms with Gasteiger partial charge in [0.1, 0.15) is 0 Å². The number of benzene rings is 1. The highest BCUT2D eigenvalue weighted by Crippen LogP contribution is 2.34. The van der Waals surface area contributed by atoms with Crippen LogP contribution in [0.4, 0.5) is 0 Å². The Balaban J connectivity index is 1.96. The number of alkyl halides is 1. The first-order chi connectivity index (χ1) is 9.77. The summed E-state index contributed by atoms with van der Waals surface area (Å²) < 4.78 is 2.11. The van der Waals surface area contributed by atoms with Crippen molar-refractivity contribution in [3.8, 4) is 0 Å². The predicted molar refractivity (Wildman–Crippen MR) is 89.0 cm³/mol. The monoisotopic (exact) mass is 348 g/mol. The Labute approximate surface area is 131 Å². The summed E-state index contributed by atoms with van der Waals surface area (Å²) in [6, 6.07) is 10.8. The van der Waals surface area contributed by atoms with Gasteiger partial charge in [-0.2, -0.15) is 0 Å². The Hall–Kier alpha value is -1.13. The molecule has 0 radical (unpaired) electrons. The lowest BCUT2D eigenvalue weighted by Crippen LogP contribution is -2.30. The first kappa shape index (κ1) is 13.8. The first-order valence-corrected chi connectivity index (χ1v) is 8.80. The zero-order valence-electron chi connectivity index (χ0n) is 11.4. The summed E-state index contributed by atoms with van der Waals surface area (Å²) in [5, 5.41) is 3.02. The Morgan fingerprint density at radius 3 is 2.75 bits per heavy atom. The van der Waals surface area contributed by atoms with E-state index in [0.717, 1.165) is 23.1 Å². The maximum absolute atomic E-state index is 4.74. The number of rotatable bonds is 5. The van der Waals surface area contributed by atoms with Crippen LogP contribution in [0.15, 0.2) is 48.1 Å². The minimum absolute atomic E-state index is 0.116. The third-order valence-corrected chi connectivity index (χ3v) is 5.83. The third kappa shape index (κ3) is 2.42. The average molecular weight is 349 g/mol. The molecule has 0 spiro atoms. The molecule has 20 heavy (non-hydrogen) atoms. The highest BCUT2D eigenvalue weighted by molar-refractivity contribution is 9.09. The Morgan fingerprint density at radius 1 is 1.30 bits per heavy atom. The fourth-order valence-corrected chi connectivity index (χ4v) is 4.29. The maximum Gasteiger partial charge on any atom is 0.193 e. The van der Waals surface area contributed by atoms with Crippen LogP contribution >= 0.6 is 27.3 Å². The van der Waals surface area contributed by atoms with E-state index >= 15 is 0 Å². The minimum Gasteiger partial charge on any atom is -0.297 e. The summed E-state index contributed by atoms with van der Waals surface area (Å²) >= 11 is 5.42. The average Bonchev–Trinajstić information content (AvgIpc) is 3.07. The van der Waals surface area contributed by atoms with E-state index in [1.54, 1.807) is 11.3 Å². The molecule has 1 atom stereocenters. The third-order valence-electron chi connectivity index (χ3n) is 3.98. The van der Waals surface area contributed by atoms with E-state index in [9.17, 15) is 0 Å². The molecule has 1 unspecified atom stereocenters. The van der Waals surface area contributed by atoms with Gasteiger partial charge in [0.15, 0.2) is 4.96 Å². The molecule has 104 valence electrons. The van der Waals surface area contributed by atoms with E-state index in [1.807, 2.05) is 0 Å². The van der Waals surface area contributed by atoms with Crippen molar-refractivity contribution in [2.24, 2.45) is 0 Å². The van der Waals surface area contributed by atoms with Gasteiger partial charge in [0.2, 0.25) is 0 Å². The molecule has 0 fully saturated rings. The van der Waals surface area contributed by atoms with Crippen molar-refractivity contribution >= 4 is 32.2 Å². The SMILES string of the molecule is CCC(CBr)(Cc1cn2ccsc2n1)c1ccccc1. The number of hydrogen-bond donors (Lipinski definition) is 0. The van der Waals surface area contributed by atoms with Gasteiger partial charge >= 0.3 is 0 Å². The molecule has 0 saturated carbocycles. The van der Waals surface area contributed by atoms with Gasteiger partial charge in [-0.15, -0.1) is 11.3 Å². The van der Waals surface area contributed by atoms with Crippen molar-refractivity contribution in [2.45, 2.75) is 25.2 Å². The van der Waals surface area contributed by atoms with Crippen LogP contribution in [0.2, 0.25) is 0 Å². The summed E-state index contributed by atoms with van der Waals surface area (Å²) in [4.78, 5) is 5.82. The summed E-state index contributed by atoms with van der Waals surface area (Å²) in [5.74, 6) is 0. The van der Waals surface area contributed by atoms with E-state index in [-0.39, 0.29) is 5.41 Å². The minimum atomic E-state index is 0.116. The van der Waals surface area contributed by atoms with Gasteiger partial charge in [-0.25, -0.2) is 4.98 Å². The molecule has 2 nitrogen and oxygen atoms in total. The second kappa shape index (κ2) is 5.70. The summed E-state index contributed by atoms with van der Waals surface area (Å²) in [7, 11) is 0. The van der Waals surface area contributed by atoms with E-state index in [2.05, 4.69) is 75.4 Å². The van der Waals surface area contributed by atoms with Gasteiger partial charge in [-0.3, -0.25) is 4.40 Å². The van der Waals surface area contributed by atoms with Crippen LogP contribution < -0.4 is 0 Å². The molecule has 0 bridgehead atoms. The summed E-state index contributed by atoms with van der Waals surface area (Å²) in [5.41, 5.74) is 2.67. The molecule has 0 saturated heterocycles. The molecule has 0 aliphatic heterocycles. The molecule has 0 aliphatic rings. The van der Waals surface area contributed by atoms with Crippen LogP contribution in [0.3, 0.4) is 0 Å². The van der Waals surface area contributed by atoms with Crippen molar-refractivity contribution < 1.29 is 0 Å². The van der Waals surface area contributed by atoms with Crippen LogP contribution in [-0.4, -0.2) is 14.7 Å². The van der Waals surface area contributed by atoms with Crippen LogP contribution in [-0.2, 0) is 11.8 Å². The molecule has 3 rings (SSSR count). The van der Waals surface area contributed by atoms with Gasteiger partial charge in [0.05, 0.1) is 5.69 Å². The van der Waals surface area contributed by atoms with E-state index < -0.39 is 0 Å². The summed E-state index contributed by atoms with van der Waals surface area (Å²) in [6.45, 7) is 2.26. The highest BCUT2D eigenvalue weighted by atomic mass is 79.9. The van der Waals surface area contributed by atoms with E-state index in [0.29, 0.717) is 0 Å². The van der Waals surface area contributed by atoms with Gasteiger partial charge in [0, 0.05) is 34.9 Å². The van der Waals surface area contributed by atoms with E-state index in [1.165, 1.54) is 11.3 Å². The van der Waals surface area contributed by atoms with Crippen molar-refractivity contribution in [3.05, 3.63) is 59.4 Å². The van der Waals surface area contributed by atoms with Gasteiger partial charge < -0.3 is 0 Å². The molecule has 0 amide bonds. The van der Waals surface area contributed by atoms with Crippen molar-refractivity contribution in [3.63, 3.8) is 0 Å². The lowest BCUT2D eigenvalue weighted by atomic mass is 9.76. The molecule has 1 aromatic carbocycles. The van der Waals surface area contributed by atoms with Crippen LogP contribution in [0, 0.1) is 0 Å². The number of nitrogens with zero attached hydrogens (tertiary/aromatic N) is 2. The smallest absolute Gasteiger partial charge is 0.193 e. The standard InChI is InChI=1S/C16H17BrN2S/c1-2-16(12-17,13-6-4-3-5-7-13)10-14-11-19-8-9-20-15(19)18-14/h3-9,11H,2,10,12H2,1H3. The molecule has 0 N–H and O–H groups in total. The number of halogens is 1. The topological polar surface area (TPSA) is 17.3 Å².